The van der Waals surface area contributed by atoms with Crippen LogP contribution in [0.4, 0.5) is 26.0 Å². The number of fused-ring (bicyclic) bond motifs is 2. The Kier molecular flexibility index (Phi) is 6.04. The first-order chi connectivity index (χ1) is 18.8. The van der Waals surface area contributed by atoms with E-state index in [1.165, 1.54) is 24.5 Å². The number of nitrogens with one attached hydrogen (secondary N) is 2. The number of hydrogen-bond acceptors (Lipinski definition) is 7. The van der Waals surface area contributed by atoms with Crippen LogP contribution < -0.4 is 10.0 Å². The molecule has 9 nitrogen and oxygen atoms in total. The van der Waals surface area contributed by atoms with E-state index in [9.17, 15) is 12.8 Å². The van der Waals surface area contributed by atoms with Crippen molar-refractivity contribution < 1.29 is 17.2 Å². The Labute approximate surface area is 225 Å². The maximum Gasteiger partial charge on any atom is 0.263 e. The van der Waals surface area contributed by atoms with Crippen molar-refractivity contribution in [1.29, 1.82) is 0 Å². The Morgan fingerprint density at radius 3 is 2.49 bits per heavy atom. The highest BCUT2D eigenvalue weighted by Gasteiger charge is 2.23. The minimum Gasteiger partial charge on any atom is -0.333 e. The Bertz CT molecular complexity index is 2000. The molecule has 0 atom stereocenters. The first kappa shape index (κ1) is 24.6. The lowest BCUT2D eigenvalue weighted by Crippen LogP contribution is -2.15. The topological polar surface area (TPSA) is 115 Å². The van der Waals surface area contributed by atoms with Gasteiger partial charge in [-0.2, -0.15) is 0 Å². The second-order valence-corrected chi connectivity index (χ2v) is 10.4. The van der Waals surface area contributed by atoms with E-state index in [-0.39, 0.29) is 21.3 Å². The lowest BCUT2D eigenvalue weighted by atomic mass is 10.2. The summed E-state index contributed by atoms with van der Waals surface area (Å²) in [5.74, 6) is -1.67. The molecule has 0 saturated heterocycles. The largest absolute Gasteiger partial charge is 0.333 e. The molecule has 2 N–H and O–H groups in total. The number of sulfonamides is 1. The third kappa shape index (κ3) is 4.49. The van der Waals surface area contributed by atoms with Crippen LogP contribution in [0.2, 0.25) is 5.02 Å². The molecular weight excluding hydrogens is 548 g/mol. The number of benzene rings is 3. The molecule has 0 aliphatic heterocycles. The van der Waals surface area contributed by atoms with E-state index in [1.54, 1.807) is 29.1 Å². The van der Waals surface area contributed by atoms with E-state index < -0.39 is 33.0 Å². The van der Waals surface area contributed by atoms with Gasteiger partial charge < -0.3 is 5.32 Å². The number of para-hydroxylation sites is 2. The summed E-state index contributed by atoms with van der Waals surface area (Å²) in [5, 5.41) is 2.57. The number of imidazole rings is 1. The van der Waals surface area contributed by atoms with Gasteiger partial charge in [0, 0.05) is 0 Å². The Morgan fingerprint density at radius 2 is 1.64 bits per heavy atom. The van der Waals surface area contributed by atoms with Gasteiger partial charge in [0.05, 0.1) is 27.3 Å². The predicted octanol–water partition coefficient (Wildman–Crippen LogP) is 5.84. The van der Waals surface area contributed by atoms with Crippen LogP contribution in [0, 0.1) is 11.6 Å². The number of hydrogen-bond donors (Lipinski definition) is 2. The zero-order chi connectivity index (χ0) is 27.1. The van der Waals surface area contributed by atoms with Gasteiger partial charge in [-0.05, 0) is 48.5 Å². The molecule has 0 unspecified atom stereocenters. The van der Waals surface area contributed by atoms with Gasteiger partial charge in [-0.25, -0.2) is 37.1 Å². The number of rotatable bonds is 6. The van der Waals surface area contributed by atoms with Crippen molar-refractivity contribution in [2.75, 3.05) is 10.0 Å². The number of anilines is 3. The molecule has 6 rings (SSSR count). The van der Waals surface area contributed by atoms with Gasteiger partial charge in [0.25, 0.3) is 10.0 Å². The molecule has 39 heavy (non-hydrogen) atoms. The molecule has 0 aliphatic rings. The standard InChI is InChI=1S/C26H16ClF2N7O2S/c27-15-5-1-4-8-21(15)39(37,38)35-18-10-9-16(28)24(23(18)29)34-26-25-19(30-13-31-26)11-12-22(33-25)36-14-32-17-6-2-3-7-20(17)36/h1-14,35H,(H,30,31,34). The predicted molar refractivity (Wildman–Crippen MR) is 144 cm³/mol. The van der Waals surface area contributed by atoms with Crippen LogP contribution in [-0.4, -0.2) is 32.9 Å². The normalized spacial score (nSPS) is 11.7. The molecule has 0 fully saturated rings. The maximum atomic E-state index is 15.5. The summed E-state index contributed by atoms with van der Waals surface area (Å²) in [6.07, 6.45) is 2.84. The average molecular weight is 564 g/mol. The quantitative estimate of drug-likeness (QED) is 0.262. The molecule has 0 bridgehead atoms. The van der Waals surface area contributed by atoms with Crippen LogP contribution in [0.15, 0.2) is 90.3 Å². The second kappa shape index (κ2) is 9.57. The molecular formula is C26H16ClF2N7O2S. The van der Waals surface area contributed by atoms with Crippen molar-refractivity contribution in [2.45, 2.75) is 4.90 Å². The summed E-state index contributed by atoms with van der Waals surface area (Å²) >= 11 is 6.00. The average Bonchev–Trinajstić information content (AvgIpc) is 3.37. The fourth-order valence-electron chi connectivity index (χ4n) is 4.02. The van der Waals surface area contributed by atoms with Crippen LogP contribution in [0.25, 0.3) is 27.9 Å². The maximum absolute atomic E-state index is 15.5. The summed E-state index contributed by atoms with van der Waals surface area (Å²) in [6, 6.07) is 18.5. The van der Waals surface area contributed by atoms with Gasteiger partial charge >= 0.3 is 0 Å². The fraction of sp³-hybridized carbons (Fsp3) is 0. The molecule has 0 amide bonds. The molecule has 0 spiro atoms. The SMILES string of the molecule is O=S(=O)(Nc1ccc(F)c(Nc2ncnc3ccc(-n4cnc5ccccc54)nc23)c1F)c1ccccc1Cl. The van der Waals surface area contributed by atoms with Crippen LogP contribution in [0.3, 0.4) is 0 Å². The minimum absolute atomic E-state index is 0.00943. The van der Waals surface area contributed by atoms with Gasteiger partial charge in [-0.3, -0.25) is 9.29 Å². The summed E-state index contributed by atoms with van der Waals surface area (Å²) in [7, 11) is -4.27. The highest BCUT2D eigenvalue weighted by molar-refractivity contribution is 7.92. The lowest BCUT2D eigenvalue weighted by Gasteiger charge is -2.14. The monoisotopic (exact) mass is 563 g/mol. The van der Waals surface area contributed by atoms with Crippen molar-refractivity contribution in [2.24, 2.45) is 0 Å². The van der Waals surface area contributed by atoms with E-state index >= 15 is 4.39 Å². The number of halogens is 3. The summed E-state index contributed by atoms with van der Waals surface area (Å²) < 4.78 is 59.9. The van der Waals surface area contributed by atoms with E-state index in [4.69, 9.17) is 11.6 Å². The first-order valence-electron chi connectivity index (χ1n) is 11.4. The van der Waals surface area contributed by atoms with Gasteiger partial charge in [0.15, 0.2) is 11.6 Å². The van der Waals surface area contributed by atoms with E-state index in [0.717, 1.165) is 23.2 Å². The number of nitrogens with zero attached hydrogens (tertiary/aromatic N) is 5. The first-order valence-corrected chi connectivity index (χ1v) is 13.2. The van der Waals surface area contributed by atoms with Gasteiger partial charge in [-0.15, -0.1) is 0 Å². The Hall–Kier alpha value is -4.68. The molecule has 6 aromatic rings. The van der Waals surface area contributed by atoms with Crippen LogP contribution in [-0.2, 0) is 10.0 Å². The smallest absolute Gasteiger partial charge is 0.263 e. The molecule has 3 aromatic heterocycles. The van der Waals surface area contributed by atoms with Gasteiger partial charge in [-0.1, -0.05) is 35.9 Å². The van der Waals surface area contributed by atoms with Crippen LogP contribution in [0.1, 0.15) is 0 Å². The summed E-state index contributed by atoms with van der Waals surface area (Å²) in [5.41, 5.74) is 1.10. The number of pyridine rings is 1. The van der Waals surface area contributed by atoms with Crippen molar-refractivity contribution in [3.05, 3.63) is 102 Å². The van der Waals surface area contributed by atoms with Crippen molar-refractivity contribution in [3.8, 4) is 5.82 Å². The van der Waals surface area contributed by atoms with E-state index in [1.807, 2.05) is 24.3 Å². The molecule has 13 heteroatoms. The summed E-state index contributed by atoms with van der Waals surface area (Å²) in [4.78, 5) is 17.1. The number of aromatic nitrogens is 5. The third-order valence-corrected chi connectivity index (χ3v) is 7.74. The second-order valence-electron chi connectivity index (χ2n) is 8.31. The minimum atomic E-state index is -4.27. The molecule has 0 radical (unpaired) electrons. The zero-order valence-corrected chi connectivity index (χ0v) is 21.3. The van der Waals surface area contributed by atoms with Gasteiger partial charge in [0.2, 0.25) is 0 Å². The molecule has 3 heterocycles. The van der Waals surface area contributed by atoms with Crippen molar-refractivity contribution in [1.82, 2.24) is 24.5 Å². The van der Waals surface area contributed by atoms with Gasteiger partial charge in [0.1, 0.15) is 40.4 Å². The fourth-order valence-corrected chi connectivity index (χ4v) is 5.60. The Balaban J connectivity index is 1.40. The lowest BCUT2D eigenvalue weighted by molar-refractivity contribution is 0.588. The van der Waals surface area contributed by atoms with Crippen LogP contribution >= 0.6 is 11.6 Å². The highest BCUT2D eigenvalue weighted by atomic mass is 35.5. The van der Waals surface area contributed by atoms with Crippen molar-refractivity contribution >= 4 is 60.9 Å². The molecule has 3 aromatic carbocycles. The summed E-state index contributed by atoms with van der Waals surface area (Å²) in [6.45, 7) is 0. The van der Waals surface area contributed by atoms with Crippen molar-refractivity contribution in [3.63, 3.8) is 0 Å². The van der Waals surface area contributed by atoms with E-state index in [2.05, 4.69) is 30.0 Å². The third-order valence-electron chi connectivity index (χ3n) is 5.87. The van der Waals surface area contributed by atoms with Crippen LogP contribution in [0.5, 0.6) is 0 Å². The molecule has 0 aliphatic carbocycles. The molecule has 0 saturated carbocycles. The Morgan fingerprint density at radius 1 is 0.846 bits per heavy atom. The molecule has 194 valence electrons. The highest BCUT2D eigenvalue weighted by Crippen LogP contribution is 2.32. The van der Waals surface area contributed by atoms with E-state index in [0.29, 0.717) is 11.3 Å². The zero-order valence-electron chi connectivity index (χ0n) is 19.7.